The Bertz CT molecular complexity index is 1140. The number of cyclic esters (lactones) is 1. The quantitative estimate of drug-likeness (QED) is 0.678. The van der Waals surface area contributed by atoms with Crippen LogP contribution in [-0.2, 0) is 11.3 Å². The Kier molecular flexibility index (Phi) is 6.45. The minimum absolute atomic E-state index is 0.0972. The van der Waals surface area contributed by atoms with Crippen LogP contribution in [0.1, 0.15) is 61.1 Å². The Balaban J connectivity index is 1.35. The minimum atomic E-state index is -1.28. The van der Waals surface area contributed by atoms with Crippen LogP contribution in [-0.4, -0.2) is 53.7 Å². The number of carbonyl (C=O) groups excluding carboxylic acids is 2. The molecule has 3 unspecified atom stereocenters. The minimum Gasteiger partial charge on any atom is -0.457 e. The molecule has 0 aromatic heterocycles. The van der Waals surface area contributed by atoms with Gasteiger partial charge in [-0.25, -0.2) is 9.18 Å². The van der Waals surface area contributed by atoms with E-state index in [2.05, 4.69) is 11.4 Å². The fourth-order valence-corrected chi connectivity index (χ4v) is 4.55. The Morgan fingerprint density at radius 2 is 2.15 bits per heavy atom. The molecule has 0 bridgehead atoms. The third-order valence-electron chi connectivity index (χ3n) is 6.55. The number of aliphatic hydroxyl groups excluding tert-OH is 1. The fourth-order valence-electron chi connectivity index (χ4n) is 4.55. The number of halogens is 1. The van der Waals surface area contributed by atoms with Crippen LogP contribution in [0, 0.1) is 25.2 Å². The number of alkyl halides is 1. The summed E-state index contributed by atoms with van der Waals surface area (Å²) in [4.78, 5) is 26.1. The van der Waals surface area contributed by atoms with Crippen molar-refractivity contribution in [1.82, 2.24) is 10.2 Å². The van der Waals surface area contributed by atoms with Gasteiger partial charge in [-0.3, -0.25) is 9.69 Å². The first-order valence-corrected chi connectivity index (χ1v) is 10.9. The highest BCUT2D eigenvalue weighted by molar-refractivity contribution is 5.95. The van der Waals surface area contributed by atoms with Crippen LogP contribution in [0.3, 0.4) is 0 Å². The number of nitriles is 1. The topological polar surface area (TPSA) is 103 Å². The third kappa shape index (κ3) is 4.61. The molecule has 8 heteroatoms. The highest BCUT2D eigenvalue weighted by Gasteiger charge is 2.32. The van der Waals surface area contributed by atoms with Crippen molar-refractivity contribution in [2.75, 3.05) is 19.6 Å². The van der Waals surface area contributed by atoms with Gasteiger partial charge in [0.15, 0.2) is 0 Å². The summed E-state index contributed by atoms with van der Waals surface area (Å²) in [6.07, 6.45) is -1.69. The molecule has 2 aliphatic rings. The Morgan fingerprint density at radius 3 is 2.85 bits per heavy atom. The summed E-state index contributed by atoms with van der Waals surface area (Å²) < 4.78 is 20.0. The number of fused-ring (bicyclic) bond motifs is 1. The van der Waals surface area contributed by atoms with E-state index >= 15 is 0 Å². The predicted octanol–water partition coefficient (Wildman–Crippen LogP) is 2.72. The molecule has 4 rings (SSSR count). The predicted molar refractivity (Wildman–Crippen MR) is 118 cm³/mol. The van der Waals surface area contributed by atoms with Gasteiger partial charge >= 0.3 is 5.97 Å². The van der Waals surface area contributed by atoms with Gasteiger partial charge in [-0.05, 0) is 61.2 Å². The van der Waals surface area contributed by atoms with Crippen molar-refractivity contribution in [2.45, 2.75) is 45.2 Å². The van der Waals surface area contributed by atoms with Gasteiger partial charge in [0.25, 0.3) is 5.91 Å². The van der Waals surface area contributed by atoms with E-state index in [0.717, 1.165) is 11.1 Å². The second-order valence-electron chi connectivity index (χ2n) is 8.68. The first-order valence-electron chi connectivity index (χ1n) is 10.9. The number of aryl methyl sites for hydroxylation is 1. The summed E-state index contributed by atoms with van der Waals surface area (Å²) >= 11 is 0. The maximum atomic E-state index is 14.9. The van der Waals surface area contributed by atoms with Crippen molar-refractivity contribution < 1.29 is 23.8 Å². The summed E-state index contributed by atoms with van der Waals surface area (Å²) in [6.45, 7) is 4.69. The summed E-state index contributed by atoms with van der Waals surface area (Å²) in [6, 6.07) is 9.62. The van der Waals surface area contributed by atoms with Gasteiger partial charge in [0, 0.05) is 30.8 Å². The van der Waals surface area contributed by atoms with Crippen LogP contribution in [0.2, 0.25) is 0 Å². The van der Waals surface area contributed by atoms with Crippen LogP contribution < -0.4 is 5.32 Å². The SMILES string of the molecule is Cc1cc(C(=O)NC2CCN(CC(O)c3ccc4c(c3C)COC4=O)CC2F)ccc1C#N. The first-order chi connectivity index (χ1) is 15.8. The number of rotatable bonds is 5. The number of aliphatic hydroxyl groups is 1. The number of likely N-dealkylation sites (tertiary alicyclic amines) is 1. The smallest absolute Gasteiger partial charge is 0.338 e. The first kappa shape index (κ1) is 22.9. The summed E-state index contributed by atoms with van der Waals surface area (Å²) in [5.41, 5.74) is 4.44. The molecule has 33 heavy (non-hydrogen) atoms. The molecule has 0 radical (unpaired) electrons. The largest absolute Gasteiger partial charge is 0.457 e. The molecular weight excluding hydrogens is 425 g/mol. The maximum absolute atomic E-state index is 14.9. The molecule has 2 heterocycles. The van der Waals surface area contributed by atoms with Crippen molar-refractivity contribution in [2.24, 2.45) is 0 Å². The van der Waals surface area contributed by atoms with Gasteiger partial charge in [-0.15, -0.1) is 0 Å². The van der Waals surface area contributed by atoms with Crippen LogP contribution >= 0.6 is 0 Å². The molecular formula is C25H26FN3O4. The average molecular weight is 451 g/mol. The molecule has 0 spiro atoms. The molecule has 2 N–H and O–H groups in total. The molecule has 0 saturated carbocycles. The van der Waals surface area contributed by atoms with Crippen LogP contribution in [0.25, 0.3) is 0 Å². The lowest BCUT2D eigenvalue weighted by molar-refractivity contribution is 0.0527. The molecule has 2 aromatic rings. The number of benzene rings is 2. The molecule has 2 aromatic carbocycles. The van der Waals surface area contributed by atoms with Gasteiger partial charge in [0.2, 0.25) is 0 Å². The number of β-amino-alcohol motifs (C(OH)–C–C–N with tert-alkyl or cyclic N) is 1. The van der Waals surface area contributed by atoms with Gasteiger partial charge in [0.05, 0.1) is 29.3 Å². The molecule has 0 aliphatic carbocycles. The summed E-state index contributed by atoms with van der Waals surface area (Å²) in [7, 11) is 0. The van der Waals surface area contributed by atoms with E-state index in [1.807, 2.05) is 11.8 Å². The lowest BCUT2D eigenvalue weighted by atomic mass is 9.94. The molecule has 1 amide bonds. The van der Waals surface area contributed by atoms with Gasteiger partial charge in [-0.1, -0.05) is 6.07 Å². The van der Waals surface area contributed by atoms with Crippen molar-refractivity contribution in [3.8, 4) is 6.07 Å². The van der Waals surface area contributed by atoms with E-state index < -0.39 is 18.3 Å². The highest BCUT2D eigenvalue weighted by Crippen LogP contribution is 2.30. The van der Waals surface area contributed by atoms with Crippen LogP contribution in [0.15, 0.2) is 30.3 Å². The van der Waals surface area contributed by atoms with Gasteiger partial charge in [0.1, 0.15) is 12.8 Å². The normalized spacial score (nSPS) is 21.1. The average Bonchev–Trinajstić information content (AvgIpc) is 3.17. The number of carbonyl (C=O) groups is 2. The number of hydrogen-bond acceptors (Lipinski definition) is 6. The van der Waals surface area contributed by atoms with Gasteiger partial charge < -0.3 is 15.2 Å². The summed E-state index contributed by atoms with van der Waals surface area (Å²) in [5, 5.41) is 22.6. The number of nitrogens with zero attached hydrogens (tertiary/aromatic N) is 2. The number of esters is 1. The monoisotopic (exact) mass is 451 g/mol. The van der Waals surface area contributed by atoms with Crippen LogP contribution in [0.4, 0.5) is 4.39 Å². The number of piperidine rings is 1. The van der Waals surface area contributed by atoms with E-state index in [4.69, 9.17) is 10.00 Å². The Labute approximate surface area is 191 Å². The fraction of sp³-hybridized carbons (Fsp3) is 0.400. The molecule has 172 valence electrons. The summed E-state index contributed by atoms with van der Waals surface area (Å²) in [5.74, 6) is -0.719. The number of ether oxygens (including phenoxy) is 1. The van der Waals surface area contributed by atoms with E-state index in [0.29, 0.717) is 40.8 Å². The van der Waals surface area contributed by atoms with Crippen molar-refractivity contribution in [3.63, 3.8) is 0 Å². The molecule has 1 fully saturated rings. The molecule has 2 aliphatic heterocycles. The second-order valence-corrected chi connectivity index (χ2v) is 8.68. The zero-order valence-corrected chi connectivity index (χ0v) is 18.6. The van der Waals surface area contributed by atoms with Crippen molar-refractivity contribution >= 4 is 11.9 Å². The highest BCUT2D eigenvalue weighted by atomic mass is 19.1. The zero-order chi connectivity index (χ0) is 23.7. The second kappa shape index (κ2) is 9.30. The van der Waals surface area contributed by atoms with E-state index in [-0.39, 0.29) is 31.6 Å². The number of amides is 1. The Hall–Kier alpha value is -3.28. The van der Waals surface area contributed by atoms with E-state index in [1.165, 1.54) is 0 Å². The molecule has 1 saturated heterocycles. The standard InChI is InChI=1S/C25H26FN3O4/c1-14-9-16(3-4-17(14)10-27)24(31)28-22-7-8-29(11-21(22)26)12-23(30)18-5-6-19-20(15(18)2)13-33-25(19)32/h3-6,9,21-23,30H,7-8,11-13H2,1-2H3,(H,28,31). The van der Waals surface area contributed by atoms with E-state index in [9.17, 15) is 19.1 Å². The van der Waals surface area contributed by atoms with Gasteiger partial charge in [-0.2, -0.15) is 5.26 Å². The van der Waals surface area contributed by atoms with Crippen LogP contribution in [0.5, 0.6) is 0 Å². The lowest BCUT2D eigenvalue weighted by Gasteiger charge is -2.36. The zero-order valence-electron chi connectivity index (χ0n) is 18.6. The third-order valence-corrected chi connectivity index (χ3v) is 6.55. The Morgan fingerprint density at radius 1 is 1.36 bits per heavy atom. The lowest BCUT2D eigenvalue weighted by Crippen LogP contribution is -2.53. The molecule has 7 nitrogen and oxygen atoms in total. The van der Waals surface area contributed by atoms with E-state index in [1.54, 1.807) is 37.3 Å². The molecule has 3 atom stereocenters. The maximum Gasteiger partial charge on any atom is 0.338 e. The van der Waals surface area contributed by atoms with Crippen molar-refractivity contribution in [1.29, 1.82) is 5.26 Å². The number of nitrogens with one attached hydrogen (secondary N) is 1. The van der Waals surface area contributed by atoms with Crippen molar-refractivity contribution in [3.05, 3.63) is 69.3 Å². The number of hydrogen-bond donors (Lipinski definition) is 2.